The summed E-state index contributed by atoms with van der Waals surface area (Å²) >= 11 is 0. The summed E-state index contributed by atoms with van der Waals surface area (Å²) in [6, 6.07) is 9.24. The van der Waals surface area contributed by atoms with Crippen molar-refractivity contribution >= 4 is 26.4 Å². The molecule has 1 aliphatic heterocycles. The van der Waals surface area contributed by atoms with Crippen LogP contribution in [0.1, 0.15) is 0 Å². The zero-order valence-corrected chi connectivity index (χ0v) is 15.0. The summed E-state index contributed by atoms with van der Waals surface area (Å²) in [6.45, 7) is 1.78. The molecule has 4 rings (SSSR count). The number of sulfone groups is 1. The number of ether oxygens (including phenoxy) is 1. The molecule has 0 aliphatic carbocycles. The van der Waals surface area contributed by atoms with E-state index in [1.807, 2.05) is 4.90 Å². The first-order valence-electron chi connectivity index (χ1n) is 8.39. The van der Waals surface area contributed by atoms with Crippen LogP contribution >= 0.6 is 0 Å². The van der Waals surface area contributed by atoms with Crippen molar-refractivity contribution in [1.29, 1.82) is 0 Å². The maximum atomic E-state index is 14.2. The molecule has 0 atom stereocenters. The lowest BCUT2D eigenvalue weighted by Crippen LogP contribution is -2.37. The van der Waals surface area contributed by atoms with E-state index in [0.29, 0.717) is 37.4 Å². The second kappa shape index (κ2) is 6.86. The van der Waals surface area contributed by atoms with Gasteiger partial charge in [-0.1, -0.05) is 18.2 Å². The smallest absolute Gasteiger partial charge is 0.210 e. The lowest BCUT2D eigenvalue weighted by molar-refractivity contribution is 0.122. The number of hydrogen-bond acceptors (Lipinski definition) is 5. The van der Waals surface area contributed by atoms with Crippen molar-refractivity contribution in [3.8, 4) is 0 Å². The van der Waals surface area contributed by atoms with Gasteiger partial charge in [0.1, 0.15) is 22.0 Å². The van der Waals surface area contributed by atoms with Gasteiger partial charge in [0, 0.05) is 24.7 Å². The fourth-order valence-corrected chi connectivity index (χ4v) is 4.69. The Labute approximate surface area is 155 Å². The molecule has 2 aromatic carbocycles. The molecule has 2 heterocycles. The third-order valence-electron chi connectivity index (χ3n) is 4.51. The maximum Gasteiger partial charge on any atom is 0.210 e. The molecule has 1 aliphatic rings. The highest BCUT2D eigenvalue weighted by molar-refractivity contribution is 7.91. The molecule has 8 heteroatoms. The summed E-state index contributed by atoms with van der Waals surface area (Å²) in [5.74, 6) is -1.18. The molecule has 0 unspecified atom stereocenters. The molecule has 140 valence electrons. The Kier molecular flexibility index (Phi) is 4.53. The number of aromatic nitrogens is 1. The molecule has 3 aromatic rings. The predicted molar refractivity (Wildman–Crippen MR) is 96.6 cm³/mol. The molecule has 0 amide bonds. The van der Waals surface area contributed by atoms with Crippen LogP contribution in [-0.4, -0.2) is 39.7 Å². The van der Waals surface area contributed by atoms with Crippen LogP contribution in [-0.2, 0) is 14.6 Å². The second-order valence-corrected chi connectivity index (χ2v) is 8.09. The Hall–Kier alpha value is -2.58. The van der Waals surface area contributed by atoms with E-state index in [1.165, 1.54) is 30.3 Å². The zero-order valence-electron chi connectivity index (χ0n) is 14.2. The first kappa shape index (κ1) is 17.8. The molecule has 0 N–H and O–H groups in total. The van der Waals surface area contributed by atoms with Crippen LogP contribution in [0.2, 0.25) is 0 Å². The molecule has 27 heavy (non-hydrogen) atoms. The van der Waals surface area contributed by atoms with Crippen molar-refractivity contribution in [3.63, 3.8) is 0 Å². The fourth-order valence-electron chi connectivity index (χ4n) is 3.23. The normalized spacial score (nSPS) is 15.3. The minimum atomic E-state index is -4.05. The van der Waals surface area contributed by atoms with Crippen LogP contribution < -0.4 is 4.90 Å². The highest BCUT2D eigenvalue weighted by Gasteiger charge is 2.28. The molecule has 0 saturated carbocycles. The zero-order chi connectivity index (χ0) is 19.0. The molecule has 1 aromatic heterocycles. The minimum absolute atomic E-state index is 0.0758. The van der Waals surface area contributed by atoms with Gasteiger partial charge in [0.15, 0.2) is 0 Å². The summed E-state index contributed by atoms with van der Waals surface area (Å²) < 4.78 is 59.6. The van der Waals surface area contributed by atoms with E-state index >= 15 is 0 Å². The Morgan fingerprint density at radius 1 is 1.04 bits per heavy atom. The van der Waals surface area contributed by atoms with Gasteiger partial charge >= 0.3 is 0 Å². The van der Waals surface area contributed by atoms with Crippen LogP contribution in [0.5, 0.6) is 0 Å². The first-order valence-corrected chi connectivity index (χ1v) is 9.87. The number of fused-ring (bicyclic) bond motifs is 1. The van der Waals surface area contributed by atoms with Crippen molar-refractivity contribution in [2.75, 3.05) is 31.2 Å². The van der Waals surface area contributed by atoms with Crippen molar-refractivity contribution in [2.45, 2.75) is 9.79 Å². The number of rotatable bonds is 3. The quantitative estimate of drug-likeness (QED) is 0.688. The van der Waals surface area contributed by atoms with Crippen molar-refractivity contribution in [2.24, 2.45) is 0 Å². The van der Waals surface area contributed by atoms with Crippen LogP contribution in [0, 0.1) is 11.6 Å². The number of morpholine rings is 1. The minimum Gasteiger partial charge on any atom is -0.378 e. The number of benzene rings is 2. The van der Waals surface area contributed by atoms with E-state index in [-0.39, 0.29) is 15.3 Å². The molecule has 0 spiro atoms. The summed E-state index contributed by atoms with van der Waals surface area (Å²) in [7, 11) is -4.05. The molecule has 1 fully saturated rings. The Morgan fingerprint density at radius 3 is 2.52 bits per heavy atom. The van der Waals surface area contributed by atoms with E-state index < -0.39 is 21.5 Å². The fraction of sp³-hybridized carbons (Fsp3) is 0.211. The maximum absolute atomic E-state index is 14.2. The molecule has 5 nitrogen and oxygen atoms in total. The number of anilines is 1. The van der Waals surface area contributed by atoms with E-state index in [2.05, 4.69) is 4.98 Å². The second-order valence-electron chi connectivity index (χ2n) is 6.17. The van der Waals surface area contributed by atoms with Gasteiger partial charge in [-0.3, -0.25) is 4.98 Å². The van der Waals surface area contributed by atoms with Crippen molar-refractivity contribution in [3.05, 3.63) is 60.3 Å². The molecule has 1 saturated heterocycles. The topological polar surface area (TPSA) is 59.5 Å². The van der Waals surface area contributed by atoms with Gasteiger partial charge in [-0.2, -0.15) is 0 Å². The summed E-state index contributed by atoms with van der Waals surface area (Å²) in [5, 5.41) is 0.398. The average Bonchev–Trinajstić information content (AvgIpc) is 2.68. The van der Waals surface area contributed by atoms with Gasteiger partial charge in [0.25, 0.3) is 0 Å². The first-order chi connectivity index (χ1) is 13.0. The predicted octanol–water partition coefficient (Wildman–Crippen LogP) is 3.18. The highest BCUT2D eigenvalue weighted by atomic mass is 32.2. The van der Waals surface area contributed by atoms with Crippen molar-refractivity contribution < 1.29 is 21.9 Å². The number of para-hydroxylation sites is 1. The summed E-state index contributed by atoms with van der Waals surface area (Å²) in [6.07, 6.45) is 1.15. The van der Waals surface area contributed by atoms with Crippen LogP contribution in [0.4, 0.5) is 14.5 Å². The number of hydrogen-bond donors (Lipinski definition) is 0. The van der Waals surface area contributed by atoms with Gasteiger partial charge in [0.2, 0.25) is 9.84 Å². The number of pyridine rings is 1. The van der Waals surface area contributed by atoms with E-state index in [9.17, 15) is 17.2 Å². The molecule has 0 radical (unpaired) electrons. The van der Waals surface area contributed by atoms with E-state index in [0.717, 1.165) is 12.3 Å². The third-order valence-corrected chi connectivity index (χ3v) is 6.26. The SMILES string of the molecule is O=S(=O)(c1cccc(F)c1)c1cnc2c(F)cccc2c1N1CCOCC1. The van der Waals surface area contributed by atoms with Crippen LogP contribution in [0.15, 0.2) is 58.5 Å². The standard InChI is InChI=1S/C19H16F2N2O3S/c20-13-3-1-4-14(11-13)27(24,25)17-12-22-18-15(5-2-6-16(18)21)19(17)23-7-9-26-10-8-23/h1-6,11-12H,7-10H2. The average molecular weight is 390 g/mol. The Bertz CT molecular complexity index is 1110. The van der Waals surface area contributed by atoms with Crippen LogP contribution in [0.25, 0.3) is 10.9 Å². The van der Waals surface area contributed by atoms with E-state index in [4.69, 9.17) is 4.74 Å². The molecular weight excluding hydrogens is 374 g/mol. The van der Waals surface area contributed by atoms with Crippen molar-refractivity contribution in [1.82, 2.24) is 4.98 Å². The van der Waals surface area contributed by atoms with Gasteiger partial charge < -0.3 is 9.64 Å². The lowest BCUT2D eigenvalue weighted by atomic mass is 10.1. The number of halogens is 2. The Morgan fingerprint density at radius 2 is 1.78 bits per heavy atom. The lowest BCUT2D eigenvalue weighted by Gasteiger charge is -2.31. The van der Waals surface area contributed by atoms with Crippen LogP contribution in [0.3, 0.4) is 0 Å². The Balaban J connectivity index is 2.00. The summed E-state index contributed by atoms with van der Waals surface area (Å²) in [4.78, 5) is 5.64. The monoisotopic (exact) mass is 390 g/mol. The van der Waals surface area contributed by atoms with E-state index in [1.54, 1.807) is 6.07 Å². The van der Waals surface area contributed by atoms with Gasteiger partial charge in [-0.25, -0.2) is 17.2 Å². The molecule has 0 bridgehead atoms. The van der Waals surface area contributed by atoms with Gasteiger partial charge in [-0.15, -0.1) is 0 Å². The third kappa shape index (κ3) is 3.15. The largest absolute Gasteiger partial charge is 0.378 e. The van der Waals surface area contributed by atoms with Gasteiger partial charge in [0.05, 0.1) is 23.8 Å². The highest BCUT2D eigenvalue weighted by Crippen LogP contribution is 2.36. The number of nitrogens with zero attached hydrogens (tertiary/aromatic N) is 2. The molecular formula is C19H16F2N2O3S. The van der Waals surface area contributed by atoms with Gasteiger partial charge in [-0.05, 0) is 24.3 Å². The summed E-state index contributed by atoms with van der Waals surface area (Å²) in [5.41, 5.74) is 0.462.